The van der Waals surface area contributed by atoms with E-state index in [-0.39, 0.29) is 5.75 Å². The van der Waals surface area contributed by atoms with Crippen molar-refractivity contribution in [3.05, 3.63) is 114 Å². The van der Waals surface area contributed by atoms with Gasteiger partial charge in [0, 0.05) is 16.7 Å². The van der Waals surface area contributed by atoms with Crippen LogP contribution >= 0.6 is 0 Å². The van der Waals surface area contributed by atoms with Gasteiger partial charge in [-0.3, -0.25) is 0 Å². The highest BCUT2D eigenvalue weighted by molar-refractivity contribution is 5.99. The third-order valence-corrected chi connectivity index (χ3v) is 7.73. The van der Waals surface area contributed by atoms with Gasteiger partial charge in [-0.25, -0.2) is 0 Å². The van der Waals surface area contributed by atoms with Gasteiger partial charge < -0.3 is 5.11 Å². The van der Waals surface area contributed by atoms with E-state index in [0.717, 1.165) is 50.0 Å². The Balaban J connectivity index is 1.68. The Labute approximate surface area is 235 Å². The molecule has 0 unspecified atom stereocenters. The van der Waals surface area contributed by atoms with E-state index in [2.05, 4.69) is 116 Å². The van der Waals surface area contributed by atoms with Gasteiger partial charge in [-0.1, -0.05) is 113 Å². The first-order chi connectivity index (χ1) is 19.4. The molecule has 0 fully saturated rings. The molecule has 0 radical (unpaired) electrons. The third-order valence-electron chi connectivity index (χ3n) is 7.73. The number of H-pyrrole nitrogens is 1. The molecule has 0 atom stereocenters. The maximum Gasteiger partial charge on any atom is 0.131 e. The van der Waals surface area contributed by atoms with E-state index in [0.29, 0.717) is 11.8 Å². The number of phenols is 1. The van der Waals surface area contributed by atoms with E-state index in [1.54, 1.807) is 0 Å². The zero-order valence-corrected chi connectivity index (χ0v) is 23.3. The molecule has 0 saturated heterocycles. The topological polar surface area (TPSA) is 61.8 Å². The number of aromatic amines is 1. The summed E-state index contributed by atoms with van der Waals surface area (Å²) in [5.41, 5.74) is 12.0. The van der Waals surface area contributed by atoms with Gasteiger partial charge in [0.1, 0.15) is 16.8 Å². The quantitative estimate of drug-likeness (QED) is 0.228. The Kier molecular flexibility index (Phi) is 6.69. The second-order valence-corrected chi connectivity index (χ2v) is 10.9. The molecule has 198 valence electrons. The molecule has 0 amide bonds. The minimum Gasteiger partial charge on any atom is -0.507 e. The first kappa shape index (κ1) is 25.6. The Bertz CT molecular complexity index is 1830. The van der Waals surface area contributed by atoms with Crippen LogP contribution in [0, 0.1) is 0 Å². The normalized spacial score (nSPS) is 11.6. The standard InChI is InChI=1S/C36H33N3O/c1-22(2)25-12-5-7-14-27(25)24-20-32(28-15-8-6-13-26(28)23(3)4)36(40)33(21-24)30-17-10-9-16-29(30)31-18-11-19-34-35(31)38-39-37-34/h5-23,40H,1-4H3,(H,37,38,39). The molecular formula is C36H33N3O. The van der Waals surface area contributed by atoms with Gasteiger partial charge in [0.25, 0.3) is 0 Å². The van der Waals surface area contributed by atoms with Crippen LogP contribution in [-0.4, -0.2) is 20.5 Å². The number of hydrogen-bond donors (Lipinski definition) is 2. The number of fused-ring (bicyclic) bond motifs is 1. The Morgan fingerprint density at radius 1 is 0.525 bits per heavy atom. The van der Waals surface area contributed by atoms with Crippen LogP contribution in [0.2, 0.25) is 0 Å². The summed E-state index contributed by atoms with van der Waals surface area (Å²) >= 11 is 0. The van der Waals surface area contributed by atoms with Crippen molar-refractivity contribution in [3.8, 4) is 50.3 Å². The number of aromatic nitrogens is 3. The molecule has 6 aromatic rings. The van der Waals surface area contributed by atoms with Crippen molar-refractivity contribution >= 4 is 11.0 Å². The van der Waals surface area contributed by atoms with Crippen LogP contribution in [0.4, 0.5) is 0 Å². The lowest BCUT2D eigenvalue weighted by atomic mass is 9.84. The van der Waals surface area contributed by atoms with Crippen molar-refractivity contribution in [2.75, 3.05) is 0 Å². The van der Waals surface area contributed by atoms with Crippen molar-refractivity contribution in [2.45, 2.75) is 39.5 Å². The predicted molar refractivity (Wildman–Crippen MR) is 165 cm³/mol. The fourth-order valence-corrected chi connectivity index (χ4v) is 5.75. The molecule has 0 aliphatic carbocycles. The number of para-hydroxylation sites is 1. The molecular weight excluding hydrogens is 490 g/mol. The second-order valence-electron chi connectivity index (χ2n) is 10.9. The Morgan fingerprint density at radius 3 is 1.68 bits per heavy atom. The van der Waals surface area contributed by atoms with Gasteiger partial charge in [0.05, 0.1) is 0 Å². The highest BCUT2D eigenvalue weighted by Gasteiger charge is 2.21. The van der Waals surface area contributed by atoms with Crippen LogP contribution in [-0.2, 0) is 0 Å². The number of rotatable bonds is 6. The summed E-state index contributed by atoms with van der Waals surface area (Å²) in [5, 5.41) is 23.6. The van der Waals surface area contributed by atoms with Gasteiger partial charge in [-0.05, 0) is 69.0 Å². The number of hydrogen-bond acceptors (Lipinski definition) is 3. The first-order valence-corrected chi connectivity index (χ1v) is 13.9. The third kappa shape index (κ3) is 4.46. The van der Waals surface area contributed by atoms with E-state index >= 15 is 0 Å². The summed E-state index contributed by atoms with van der Waals surface area (Å²) in [7, 11) is 0. The second kappa shape index (κ2) is 10.5. The minimum absolute atomic E-state index is 0.277. The summed E-state index contributed by atoms with van der Waals surface area (Å²) in [6, 6.07) is 35.5. The van der Waals surface area contributed by atoms with Gasteiger partial charge in [0.15, 0.2) is 0 Å². The number of nitrogens with one attached hydrogen (secondary N) is 1. The molecule has 0 aliphatic heterocycles. The smallest absolute Gasteiger partial charge is 0.131 e. The molecule has 4 heteroatoms. The van der Waals surface area contributed by atoms with E-state index in [4.69, 9.17) is 0 Å². The lowest BCUT2D eigenvalue weighted by Crippen LogP contribution is -1.97. The van der Waals surface area contributed by atoms with E-state index < -0.39 is 0 Å². The lowest BCUT2D eigenvalue weighted by molar-refractivity contribution is 0.479. The summed E-state index contributed by atoms with van der Waals surface area (Å²) in [5.74, 6) is 0.943. The van der Waals surface area contributed by atoms with Crippen LogP contribution in [0.3, 0.4) is 0 Å². The van der Waals surface area contributed by atoms with E-state index in [9.17, 15) is 5.11 Å². The summed E-state index contributed by atoms with van der Waals surface area (Å²) in [6.07, 6.45) is 0. The van der Waals surface area contributed by atoms with Crippen LogP contribution in [0.25, 0.3) is 55.5 Å². The SMILES string of the molecule is CC(C)c1ccccc1-c1cc(-c2ccccc2-c2cccc3n[nH]nc23)c(O)c(-c2ccccc2C(C)C)c1. The molecule has 1 heterocycles. The van der Waals surface area contributed by atoms with Gasteiger partial charge >= 0.3 is 0 Å². The van der Waals surface area contributed by atoms with Crippen molar-refractivity contribution < 1.29 is 5.11 Å². The number of nitrogens with zero attached hydrogens (tertiary/aromatic N) is 2. The zero-order valence-electron chi connectivity index (χ0n) is 23.3. The fourth-order valence-electron chi connectivity index (χ4n) is 5.75. The average Bonchev–Trinajstić information content (AvgIpc) is 3.47. The first-order valence-electron chi connectivity index (χ1n) is 13.9. The molecule has 40 heavy (non-hydrogen) atoms. The number of phenolic OH excluding ortho intramolecular Hbond substituents is 1. The minimum atomic E-state index is 0.277. The summed E-state index contributed by atoms with van der Waals surface area (Å²) in [6.45, 7) is 8.84. The van der Waals surface area contributed by atoms with E-state index in [1.165, 1.54) is 16.7 Å². The number of benzene rings is 5. The summed E-state index contributed by atoms with van der Waals surface area (Å²) < 4.78 is 0. The predicted octanol–water partition coefficient (Wildman–Crippen LogP) is 9.58. The largest absolute Gasteiger partial charge is 0.507 e. The van der Waals surface area contributed by atoms with Crippen LogP contribution in [0.5, 0.6) is 5.75 Å². The highest BCUT2D eigenvalue weighted by atomic mass is 16.3. The highest BCUT2D eigenvalue weighted by Crippen LogP contribution is 2.47. The molecule has 0 spiro atoms. The van der Waals surface area contributed by atoms with Gasteiger partial charge in [-0.15, -0.1) is 0 Å². The Hall–Kier alpha value is -4.70. The Morgan fingerprint density at radius 2 is 1.02 bits per heavy atom. The molecule has 5 aromatic carbocycles. The monoisotopic (exact) mass is 523 g/mol. The lowest BCUT2D eigenvalue weighted by Gasteiger charge is -2.21. The van der Waals surface area contributed by atoms with Crippen LogP contribution in [0.1, 0.15) is 50.7 Å². The zero-order chi connectivity index (χ0) is 27.8. The maximum atomic E-state index is 12.1. The number of aromatic hydroxyl groups is 1. The molecule has 4 nitrogen and oxygen atoms in total. The van der Waals surface area contributed by atoms with Gasteiger partial charge in [-0.2, -0.15) is 15.4 Å². The molecule has 0 saturated carbocycles. The molecule has 0 aliphatic rings. The average molecular weight is 524 g/mol. The van der Waals surface area contributed by atoms with Crippen molar-refractivity contribution in [2.24, 2.45) is 0 Å². The summed E-state index contributed by atoms with van der Waals surface area (Å²) in [4.78, 5) is 0. The fraction of sp³-hybridized carbons (Fsp3) is 0.167. The molecule has 6 rings (SSSR count). The molecule has 2 N–H and O–H groups in total. The van der Waals surface area contributed by atoms with Crippen molar-refractivity contribution in [3.63, 3.8) is 0 Å². The maximum absolute atomic E-state index is 12.1. The van der Waals surface area contributed by atoms with Crippen LogP contribution in [0.15, 0.2) is 103 Å². The van der Waals surface area contributed by atoms with Crippen LogP contribution < -0.4 is 0 Å². The molecule has 1 aromatic heterocycles. The van der Waals surface area contributed by atoms with E-state index in [1.807, 2.05) is 30.3 Å². The van der Waals surface area contributed by atoms with Crippen molar-refractivity contribution in [1.82, 2.24) is 15.4 Å². The molecule has 0 bridgehead atoms. The van der Waals surface area contributed by atoms with Gasteiger partial charge in [0.2, 0.25) is 0 Å². The van der Waals surface area contributed by atoms with Crippen molar-refractivity contribution in [1.29, 1.82) is 0 Å².